The van der Waals surface area contributed by atoms with Crippen molar-refractivity contribution in [2.45, 2.75) is 0 Å². The monoisotopic (exact) mass is 492 g/mol. The molecule has 1 amide bonds. The number of anilines is 3. The predicted octanol–water partition coefficient (Wildman–Crippen LogP) is 4.93. The Morgan fingerprint density at radius 3 is 2.59 bits per heavy atom. The number of aromatic amines is 1. The van der Waals surface area contributed by atoms with Gasteiger partial charge in [0.15, 0.2) is 0 Å². The maximum atomic E-state index is 12.5. The summed E-state index contributed by atoms with van der Waals surface area (Å²) in [4.78, 5) is 42.4. The summed E-state index contributed by atoms with van der Waals surface area (Å²) in [5.74, 6) is -0.415. The van der Waals surface area contributed by atoms with Crippen LogP contribution >= 0.6 is 22.9 Å². The lowest BCUT2D eigenvalue weighted by molar-refractivity contribution is -0.380. The SMILES string of the molecule is N#Cc1c(-c2cccc(NC(=O)c3ccc([N+](=O)[O-])s3)c2)nc(Nc2ccc(Cl)cc2)[nH]c1=O. The van der Waals surface area contributed by atoms with Gasteiger partial charge >= 0.3 is 5.00 Å². The van der Waals surface area contributed by atoms with Gasteiger partial charge < -0.3 is 10.6 Å². The number of nitrogens with zero attached hydrogens (tertiary/aromatic N) is 3. The molecule has 0 fully saturated rings. The highest BCUT2D eigenvalue weighted by atomic mass is 35.5. The van der Waals surface area contributed by atoms with Crippen molar-refractivity contribution in [1.82, 2.24) is 9.97 Å². The summed E-state index contributed by atoms with van der Waals surface area (Å²) >= 11 is 6.65. The number of hydrogen-bond donors (Lipinski definition) is 3. The van der Waals surface area contributed by atoms with Gasteiger partial charge in [-0.05, 0) is 42.5 Å². The van der Waals surface area contributed by atoms with E-state index in [4.69, 9.17) is 11.6 Å². The van der Waals surface area contributed by atoms with Gasteiger partial charge in [-0.3, -0.25) is 24.7 Å². The lowest BCUT2D eigenvalue weighted by Crippen LogP contribution is -2.16. The molecule has 2 aromatic heterocycles. The number of amides is 1. The van der Waals surface area contributed by atoms with E-state index >= 15 is 0 Å². The fraction of sp³-hybridized carbons (Fsp3) is 0. The zero-order chi connectivity index (χ0) is 24.2. The molecule has 0 spiro atoms. The molecule has 0 aliphatic heterocycles. The Morgan fingerprint density at radius 1 is 1.15 bits per heavy atom. The maximum absolute atomic E-state index is 12.5. The number of carbonyl (C=O) groups excluding carboxylic acids is 1. The normalized spacial score (nSPS) is 10.4. The second-order valence-corrected chi connectivity index (χ2v) is 8.31. The minimum atomic E-state index is -0.635. The fourth-order valence-electron chi connectivity index (χ4n) is 3.00. The molecule has 0 aliphatic carbocycles. The van der Waals surface area contributed by atoms with E-state index in [-0.39, 0.29) is 27.1 Å². The lowest BCUT2D eigenvalue weighted by Gasteiger charge is -2.10. The Labute approximate surface area is 200 Å². The smallest absolute Gasteiger partial charge is 0.324 e. The minimum Gasteiger partial charge on any atom is -0.326 e. The molecule has 0 radical (unpaired) electrons. The first-order valence-electron chi connectivity index (χ1n) is 9.57. The highest BCUT2D eigenvalue weighted by Crippen LogP contribution is 2.27. The molecular weight excluding hydrogens is 480 g/mol. The van der Waals surface area contributed by atoms with Crippen LogP contribution in [0.5, 0.6) is 0 Å². The molecule has 4 aromatic rings. The zero-order valence-electron chi connectivity index (χ0n) is 17.0. The second-order valence-electron chi connectivity index (χ2n) is 6.81. The quantitative estimate of drug-likeness (QED) is 0.254. The molecule has 2 aromatic carbocycles. The number of nitriles is 1. The first-order chi connectivity index (χ1) is 16.3. The van der Waals surface area contributed by atoms with Gasteiger partial charge in [-0.1, -0.05) is 35.1 Å². The van der Waals surface area contributed by atoms with Gasteiger partial charge in [0.2, 0.25) is 5.95 Å². The Bertz CT molecular complexity index is 1510. The van der Waals surface area contributed by atoms with Crippen LogP contribution in [-0.2, 0) is 0 Å². The number of hydrogen-bond acceptors (Lipinski definition) is 8. The summed E-state index contributed by atoms with van der Waals surface area (Å²) < 4.78 is 0. The molecule has 0 atom stereocenters. The molecule has 168 valence electrons. The van der Waals surface area contributed by atoms with Crippen LogP contribution in [0.3, 0.4) is 0 Å². The largest absolute Gasteiger partial charge is 0.326 e. The molecule has 0 saturated carbocycles. The van der Waals surface area contributed by atoms with E-state index in [2.05, 4.69) is 20.6 Å². The first kappa shape index (κ1) is 22.7. The minimum absolute atomic E-state index is 0.113. The molecule has 0 aliphatic rings. The molecule has 0 saturated heterocycles. The van der Waals surface area contributed by atoms with Crippen molar-refractivity contribution in [2.24, 2.45) is 0 Å². The van der Waals surface area contributed by atoms with Crippen LogP contribution in [0.2, 0.25) is 5.02 Å². The molecule has 34 heavy (non-hydrogen) atoms. The molecule has 4 rings (SSSR count). The van der Waals surface area contributed by atoms with Crippen LogP contribution in [0.25, 0.3) is 11.3 Å². The van der Waals surface area contributed by atoms with Crippen LogP contribution in [0, 0.1) is 21.4 Å². The van der Waals surface area contributed by atoms with E-state index in [1.165, 1.54) is 12.1 Å². The number of rotatable bonds is 6. The van der Waals surface area contributed by atoms with Gasteiger partial charge in [0.05, 0.1) is 15.5 Å². The molecule has 2 heterocycles. The highest BCUT2D eigenvalue weighted by molar-refractivity contribution is 7.17. The molecule has 0 bridgehead atoms. The van der Waals surface area contributed by atoms with E-state index in [1.54, 1.807) is 48.5 Å². The zero-order valence-corrected chi connectivity index (χ0v) is 18.6. The molecular formula is C22H13ClN6O4S. The summed E-state index contributed by atoms with van der Waals surface area (Å²) in [5.41, 5.74) is 0.677. The van der Waals surface area contributed by atoms with E-state index in [0.717, 1.165) is 11.3 Å². The third-order valence-corrected chi connectivity index (χ3v) is 5.82. The number of benzene rings is 2. The number of aromatic nitrogens is 2. The summed E-state index contributed by atoms with van der Waals surface area (Å²) in [6.07, 6.45) is 0. The number of halogens is 1. The van der Waals surface area contributed by atoms with Gasteiger partial charge in [-0.15, -0.1) is 0 Å². The van der Waals surface area contributed by atoms with Crippen LogP contribution in [0.15, 0.2) is 65.5 Å². The fourth-order valence-corrected chi connectivity index (χ4v) is 3.84. The highest BCUT2D eigenvalue weighted by Gasteiger charge is 2.17. The maximum Gasteiger partial charge on any atom is 0.324 e. The molecule has 12 heteroatoms. The molecule has 3 N–H and O–H groups in total. The Morgan fingerprint density at radius 2 is 1.91 bits per heavy atom. The Hall–Kier alpha value is -4.53. The third kappa shape index (κ3) is 4.93. The van der Waals surface area contributed by atoms with E-state index < -0.39 is 16.4 Å². The van der Waals surface area contributed by atoms with Crippen LogP contribution in [0.4, 0.5) is 22.3 Å². The second kappa shape index (κ2) is 9.53. The van der Waals surface area contributed by atoms with Crippen molar-refractivity contribution < 1.29 is 9.72 Å². The number of H-pyrrole nitrogens is 1. The summed E-state index contributed by atoms with van der Waals surface area (Å²) in [5, 5.41) is 26.4. The number of nitro groups is 1. The lowest BCUT2D eigenvalue weighted by atomic mass is 10.1. The topological polar surface area (TPSA) is 154 Å². The van der Waals surface area contributed by atoms with E-state index in [1.807, 2.05) is 6.07 Å². The first-order valence-corrected chi connectivity index (χ1v) is 10.8. The average Bonchev–Trinajstić information content (AvgIpc) is 3.31. The van der Waals surface area contributed by atoms with Gasteiger partial charge in [0, 0.05) is 28.0 Å². The Balaban J connectivity index is 1.65. The summed E-state index contributed by atoms with van der Waals surface area (Å²) in [7, 11) is 0. The average molecular weight is 493 g/mol. The standard InChI is InChI=1S/C22H13ClN6O4S/c23-13-4-6-14(7-5-13)26-22-27-19(16(11-24)20(30)28-22)12-2-1-3-15(10-12)25-21(31)17-8-9-18(34-17)29(32)33/h1-10H,(H,25,31)(H2,26,27,28,30). The van der Waals surface area contributed by atoms with Crippen LogP contribution in [0.1, 0.15) is 15.2 Å². The van der Waals surface area contributed by atoms with Crippen molar-refractivity contribution in [3.63, 3.8) is 0 Å². The predicted molar refractivity (Wildman–Crippen MR) is 129 cm³/mol. The van der Waals surface area contributed by atoms with E-state index in [0.29, 0.717) is 22.0 Å². The van der Waals surface area contributed by atoms with Crippen molar-refractivity contribution in [2.75, 3.05) is 10.6 Å². The third-order valence-electron chi connectivity index (χ3n) is 4.53. The van der Waals surface area contributed by atoms with Crippen molar-refractivity contribution in [1.29, 1.82) is 5.26 Å². The van der Waals surface area contributed by atoms with Gasteiger partial charge in [-0.25, -0.2) is 4.98 Å². The van der Waals surface area contributed by atoms with Gasteiger partial charge in [0.25, 0.3) is 11.5 Å². The van der Waals surface area contributed by atoms with Crippen molar-refractivity contribution in [3.05, 3.63) is 96.6 Å². The summed E-state index contributed by atoms with van der Waals surface area (Å²) in [6.45, 7) is 0. The molecule has 10 nitrogen and oxygen atoms in total. The van der Waals surface area contributed by atoms with E-state index in [9.17, 15) is 25.0 Å². The van der Waals surface area contributed by atoms with Crippen LogP contribution < -0.4 is 16.2 Å². The van der Waals surface area contributed by atoms with Crippen molar-refractivity contribution in [3.8, 4) is 17.3 Å². The van der Waals surface area contributed by atoms with Crippen molar-refractivity contribution >= 4 is 51.2 Å². The Kier molecular flexibility index (Phi) is 6.35. The number of thiophene rings is 1. The van der Waals surface area contributed by atoms with Gasteiger partial charge in [-0.2, -0.15) is 5.26 Å². The van der Waals surface area contributed by atoms with Crippen LogP contribution in [-0.4, -0.2) is 20.8 Å². The van der Waals surface area contributed by atoms with Gasteiger partial charge in [0.1, 0.15) is 11.6 Å². The number of carbonyl (C=O) groups is 1. The molecule has 0 unspecified atom stereocenters. The number of nitrogens with one attached hydrogen (secondary N) is 3. The summed E-state index contributed by atoms with van der Waals surface area (Å²) in [6, 6.07) is 17.6.